The number of fused-ring (bicyclic) bond motifs is 2. The third-order valence-electron chi connectivity index (χ3n) is 7.70. The van der Waals surface area contributed by atoms with Crippen molar-refractivity contribution in [2.24, 2.45) is 0 Å². The maximum absolute atomic E-state index is 15.2. The summed E-state index contributed by atoms with van der Waals surface area (Å²) in [6, 6.07) is 9.14. The van der Waals surface area contributed by atoms with E-state index in [1.807, 2.05) is 13.0 Å². The van der Waals surface area contributed by atoms with Crippen LogP contribution in [0, 0.1) is 5.82 Å². The van der Waals surface area contributed by atoms with Crippen molar-refractivity contribution in [3.8, 4) is 5.82 Å². The molecule has 4 heterocycles. The van der Waals surface area contributed by atoms with E-state index in [0.29, 0.717) is 18.2 Å². The van der Waals surface area contributed by atoms with Gasteiger partial charge in [-0.3, -0.25) is 4.79 Å². The molecule has 0 amide bonds. The van der Waals surface area contributed by atoms with Gasteiger partial charge in [0.2, 0.25) is 5.95 Å². The van der Waals surface area contributed by atoms with Crippen molar-refractivity contribution in [3.05, 3.63) is 69.5 Å². The van der Waals surface area contributed by atoms with Crippen LogP contribution in [-0.2, 0) is 23.9 Å². The number of nitrogens with zero attached hydrogens (tertiary/aromatic N) is 5. The second-order valence-corrected chi connectivity index (χ2v) is 10.5. The highest BCUT2D eigenvalue weighted by atomic mass is 19.1. The molecule has 3 aromatic heterocycles. The molecule has 1 fully saturated rings. The smallest absolute Gasteiger partial charge is 0.278 e. The Balaban J connectivity index is 1.44. The summed E-state index contributed by atoms with van der Waals surface area (Å²) in [5.74, 6) is -0.289. The van der Waals surface area contributed by atoms with Crippen molar-refractivity contribution in [2.75, 3.05) is 18.5 Å². The Morgan fingerprint density at radius 3 is 2.73 bits per heavy atom. The maximum atomic E-state index is 15.2. The molecule has 0 radical (unpaired) electrons. The molecule has 6 rings (SSSR count). The van der Waals surface area contributed by atoms with Crippen molar-refractivity contribution in [3.63, 3.8) is 0 Å². The first kappa shape index (κ1) is 23.7. The summed E-state index contributed by atoms with van der Waals surface area (Å²) in [6.45, 7) is 7.29. The molecule has 0 unspecified atom stereocenters. The molecule has 192 valence electrons. The summed E-state index contributed by atoms with van der Waals surface area (Å²) in [7, 11) is 0. The molecule has 1 aliphatic heterocycles. The minimum Gasteiger partial charge on any atom is -0.395 e. The Hall–Kier alpha value is -3.63. The summed E-state index contributed by atoms with van der Waals surface area (Å²) in [5, 5.41) is 16.9. The Kier molecular flexibility index (Phi) is 5.43. The number of hydrogen-bond donors (Lipinski definition) is 3. The molecule has 37 heavy (non-hydrogen) atoms. The van der Waals surface area contributed by atoms with Crippen molar-refractivity contribution < 1.29 is 9.50 Å². The normalized spacial score (nSPS) is 17.5. The molecule has 1 aliphatic carbocycles. The number of halogens is 1. The fourth-order valence-corrected chi connectivity index (χ4v) is 5.33. The fraction of sp³-hybridized carbons (Fsp3) is 0.407. The van der Waals surface area contributed by atoms with Gasteiger partial charge in [0, 0.05) is 29.4 Å². The molecule has 1 aromatic carbocycles. The van der Waals surface area contributed by atoms with E-state index in [4.69, 9.17) is 0 Å². The molecule has 0 saturated heterocycles. The summed E-state index contributed by atoms with van der Waals surface area (Å²) in [6.07, 6.45) is 3.97. The van der Waals surface area contributed by atoms with E-state index >= 15 is 4.39 Å². The number of aromatic nitrogens is 5. The predicted octanol–water partition coefficient (Wildman–Crippen LogP) is 3.28. The first-order chi connectivity index (χ1) is 17.8. The Morgan fingerprint density at radius 1 is 1.19 bits per heavy atom. The van der Waals surface area contributed by atoms with Crippen LogP contribution in [0.3, 0.4) is 0 Å². The van der Waals surface area contributed by atoms with Crippen molar-refractivity contribution >= 4 is 22.7 Å². The van der Waals surface area contributed by atoms with E-state index in [1.54, 1.807) is 6.07 Å². The van der Waals surface area contributed by atoms with Gasteiger partial charge in [-0.05, 0) is 82.0 Å². The number of aliphatic hydroxyl groups excluding tert-OH is 1. The number of benzene rings is 1. The zero-order valence-electron chi connectivity index (χ0n) is 21.2. The lowest BCUT2D eigenvalue weighted by atomic mass is 9.85. The van der Waals surface area contributed by atoms with Gasteiger partial charge in [-0.15, -0.1) is 0 Å². The number of hydrogen-bond acceptors (Lipinski definition) is 7. The van der Waals surface area contributed by atoms with Gasteiger partial charge in [-0.2, -0.15) is 4.98 Å². The molecular formula is C27H30FN7O2. The number of rotatable bonds is 6. The van der Waals surface area contributed by atoms with Gasteiger partial charge in [0.15, 0.2) is 17.3 Å². The van der Waals surface area contributed by atoms with Crippen LogP contribution < -0.4 is 16.2 Å². The fourth-order valence-electron chi connectivity index (χ4n) is 5.33. The van der Waals surface area contributed by atoms with Gasteiger partial charge in [0.05, 0.1) is 12.3 Å². The standard InChI is InChI=1S/C27H30FN7O2/c1-4-34-24(37)18-14-29-25(31-17-5-6-19-16(13-17)9-12-30-26(19,2)3)33-22(18)35(34)23-20(28)7-8-21(32-23)27(15-36)10-11-27/h5-8,13-14,30,36H,4,9-12,15H2,1-3H3,(H,29,31,33). The van der Waals surface area contributed by atoms with Crippen molar-refractivity contribution in [2.45, 2.75) is 57.5 Å². The van der Waals surface area contributed by atoms with Crippen LogP contribution in [0.1, 0.15) is 50.4 Å². The molecule has 3 N–H and O–H groups in total. The molecule has 0 bridgehead atoms. The van der Waals surface area contributed by atoms with E-state index in [-0.39, 0.29) is 34.6 Å². The van der Waals surface area contributed by atoms with E-state index in [2.05, 4.69) is 51.6 Å². The first-order valence-electron chi connectivity index (χ1n) is 12.7. The summed E-state index contributed by atoms with van der Waals surface area (Å²) in [4.78, 5) is 26.7. The minimum absolute atomic E-state index is 0.0145. The predicted molar refractivity (Wildman–Crippen MR) is 139 cm³/mol. The largest absolute Gasteiger partial charge is 0.395 e. The lowest BCUT2D eigenvalue weighted by Gasteiger charge is -2.34. The van der Waals surface area contributed by atoms with Crippen molar-refractivity contribution in [1.82, 2.24) is 29.6 Å². The third-order valence-corrected chi connectivity index (χ3v) is 7.70. The van der Waals surface area contributed by atoms with Gasteiger partial charge in [-0.1, -0.05) is 6.07 Å². The molecule has 10 heteroatoms. The van der Waals surface area contributed by atoms with Gasteiger partial charge in [0.1, 0.15) is 5.39 Å². The highest BCUT2D eigenvalue weighted by Gasteiger charge is 2.45. The molecule has 0 spiro atoms. The van der Waals surface area contributed by atoms with Gasteiger partial charge in [0.25, 0.3) is 5.56 Å². The molecule has 0 atom stereocenters. The third kappa shape index (κ3) is 3.82. The average molecular weight is 504 g/mol. The second-order valence-electron chi connectivity index (χ2n) is 10.5. The molecule has 9 nitrogen and oxygen atoms in total. The zero-order valence-corrected chi connectivity index (χ0v) is 21.2. The van der Waals surface area contributed by atoms with Crippen LogP contribution in [0.15, 0.2) is 41.3 Å². The highest BCUT2D eigenvalue weighted by Crippen LogP contribution is 2.47. The zero-order chi connectivity index (χ0) is 25.9. The van der Waals surface area contributed by atoms with E-state index in [9.17, 15) is 9.90 Å². The summed E-state index contributed by atoms with van der Waals surface area (Å²) in [5.41, 5.74) is 3.37. The maximum Gasteiger partial charge on any atom is 0.278 e. The van der Waals surface area contributed by atoms with Crippen LogP contribution >= 0.6 is 0 Å². The van der Waals surface area contributed by atoms with Crippen LogP contribution in [0.25, 0.3) is 16.9 Å². The molecule has 2 aliphatic rings. The average Bonchev–Trinajstić information content (AvgIpc) is 3.63. The van der Waals surface area contributed by atoms with Crippen LogP contribution in [0.5, 0.6) is 0 Å². The number of aliphatic hydroxyl groups is 1. The molecule has 4 aromatic rings. The second kappa shape index (κ2) is 8.46. The van der Waals surface area contributed by atoms with E-state index in [0.717, 1.165) is 31.5 Å². The SMILES string of the molecule is CCn1c(=O)c2cnc(Nc3ccc4c(c3)CCNC4(C)C)nc2n1-c1nc(C2(CO)CC2)ccc1F. The van der Waals surface area contributed by atoms with Crippen LogP contribution in [-0.4, -0.2) is 42.6 Å². The monoisotopic (exact) mass is 503 g/mol. The number of pyridine rings is 1. The lowest BCUT2D eigenvalue weighted by Crippen LogP contribution is -2.42. The lowest BCUT2D eigenvalue weighted by molar-refractivity contribution is 0.252. The summed E-state index contributed by atoms with van der Waals surface area (Å²) < 4.78 is 18.0. The Bertz CT molecular complexity index is 1590. The molecule has 1 saturated carbocycles. The quantitative estimate of drug-likeness (QED) is 0.370. The first-order valence-corrected chi connectivity index (χ1v) is 12.7. The van der Waals surface area contributed by atoms with Gasteiger partial charge < -0.3 is 15.7 Å². The van der Waals surface area contributed by atoms with Gasteiger partial charge >= 0.3 is 0 Å². The van der Waals surface area contributed by atoms with E-state index in [1.165, 1.54) is 32.8 Å². The van der Waals surface area contributed by atoms with E-state index < -0.39 is 11.2 Å². The van der Waals surface area contributed by atoms with Crippen LogP contribution in [0.4, 0.5) is 16.0 Å². The van der Waals surface area contributed by atoms with Crippen LogP contribution in [0.2, 0.25) is 0 Å². The Labute approximate surface area is 213 Å². The van der Waals surface area contributed by atoms with Gasteiger partial charge in [-0.25, -0.2) is 23.7 Å². The topological polar surface area (TPSA) is 110 Å². The molecular weight excluding hydrogens is 473 g/mol. The Morgan fingerprint density at radius 2 is 2.00 bits per heavy atom. The number of anilines is 2. The minimum atomic E-state index is -0.573. The summed E-state index contributed by atoms with van der Waals surface area (Å²) >= 11 is 0. The van der Waals surface area contributed by atoms with Crippen molar-refractivity contribution in [1.29, 1.82) is 0 Å². The highest BCUT2D eigenvalue weighted by molar-refractivity contribution is 5.77. The number of nitrogens with one attached hydrogen (secondary N) is 2.